The van der Waals surface area contributed by atoms with Crippen LogP contribution in [-0.4, -0.2) is 29.0 Å². The van der Waals surface area contributed by atoms with Gasteiger partial charge in [-0.15, -0.1) is 0 Å². The fourth-order valence-corrected chi connectivity index (χ4v) is 3.65. The number of nitrogens with zero attached hydrogens (tertiary/aromatic N) is 3. The highest BCUT2D eigenvalue weighted by molar-refractivity contribution is 6.31. The molecule has 1 aliphatic heterocycles. The first-order valence-corrected chi connectivity index (χ1v) is 11.2. The molecule has 1 aliphatic rings. The summed E-state index contributed by atoms with van der Waals surface area (Å²) in [5, 5.41) is 6.29. The Hall–Kier alpha value is -3.32. The number of rotatable bonds is 7. The minimum absolute atomic E-state index is 0.0694. The molecule has 1 amide bonds. The molecule has 0 unspecified atom stereocenters. The van der Waals surface area contributed by atoms with Gasteiger partial charge >= 0.3 is 0 Å². The van der Waals surface area contributed by atoms with Crippen LogP contribution in [0.25, 0.3) is 0 Å². The van der Waals surface area contributed by atoms with Gasteiger partial charge in [-0.25, -0.2) is 4.98 Å². The molecule has 1 aromatic heterocycles. The van der Waals surface area contributed by atoms with Gasteiger partial charge < -0.3 is 20.3 Å². The van der Waals surface area contributed by atoms with Gasteiger partial charge in [-0.05, 0) is 55.7 Å². The number of carbonyl (C=O) groups is 1. The number of halogens is 1. The van der Waals surface area contributed by atoms with E-state index in [2.05, 4.69) is 37.6 Å². The monoisotopic (exact) mass is 451 g/mol. The van der Waals surface area contributed by atoms with Crippen LogP contribution in [0.2, 0.25) is 5.02 Å². The first-order valence-electron chi connectivity index (χ1n) is 10.8. The summed E-state index contributed by atoms with van der Waals surface area (Å²) in [5.41, 5.74) is 2.75. The number of benzene rings is 2. The normalized spacial score (nSPS) is 13.5. The third kappa shape index (κ3) is 5.68. The number of hydrogen-bond donors (Lipinski definition) is 2. The highest BCUT2D eigenvalue weighted by Crippen LogP contribution is 2.30. The van der Waals surface area contributed by atoms with Crippen LogP contribution in [0.5, 0.6) is 11.6 Å². The predicted molar refractivity (Wildman–Crippen MR) is 128 cm³/mol. The van der Waals surface area contributed by atoms with Gasteiger partial charge in [0, 0.05) is 42.6 Å². The van der Waals surface area contributed by atoms with Gasteiger partial charge in [0.1, 0.15) is 10.8 Å². The van der Waals surface area contributed by atoms with E-state index in [0.29, 0.717) is 28.8 Å². The lowest BCUT2D eigenvalue weighted by Gasteiger charge is -2.28. The zero-order valence-electron chi connectivity index (χ0n) is 18.0. The second-order valence-corrected chi connectivity index (χ2v) is 8.01. The van der Waals surface area contributed by atoms with E-state index in [1.54, 1.807) is 31.2 Å². The minimum atomic E-state index is -0.0694. The van der Waals surface area contributed by atoms with Crippen LogP contribution < -0.4 is 20.3 Å². The molecule has 1 fully saturated rings. The Kier molecular flexibility index (Phi) is 7.07. The van der Waals surface area contributed by atoms with Crippen LogP contribution >= 0.6 is 11.6 Å². The lowest BCUT2D eigenvalue weighted by Crippen LogP contribution is -2.29. The maximum Gasteiger partial charge on any atom is 0.243 e. The molecule has 2 N–H and O–H groups in total. The van der Waals surface area contributed by atoms with Crippen molar-refractivity contribution >= 4 is 40.5 Å². The van der Waals surface area contributed by atoms with Gasteiger partial charge in [0.2, 0.25) is 17.7 Å². The van der Waals surface area contributed by atoms with E-state index in [4.69, 9.17) is 16.3 Å². The van der Waals surface area contributed by atoms with Gasteiger partial charge in [0.15, 0.2) is 0 Å². The van der Waals surface area contributed by atoms with Crippen molar-refractivity contribution in [2.24, 2.45) is 0 Å². The number of amides is 1. The molecule has 8 heteroatoms. The summed E-state index contributed by atoms with van der Waals surface area (Å²) in [6.45, 7) is 4.01. The summed E-state index contributed by atoms with van der Waals surface area (Å²) < 4.78 is 5.86. The van der Waals surface area contributed by atoms with Crippen molar-refractivity contribution in [3.05, 3.63) is 59.8 Å². The van der Waals surface area contributed by atoms with E-state index in [0.717, 1.165) is 18.8 Å². The fourth-order valence-electron chi connectivity index (χ4n) is 3.52. The molecule has 0 atom stereocenters. The Morgan fingerprint density at radius 3 is 2.62 bits per heavy atom. The molecule has 2 heterocycles. The standard InChI is InChI=1S/C24H26ClN5O2/c1-2-22(31)27-18-7-6-8-20(15-18)32-23-21(25)16-26-24(29-23)28-17-9-11-19(12-10-17)30-13-4-3-5-14-30/h6-12,15-16H,2-5,13-14H2,1H3,(H,27,31)(H,26,28,29). The van der Waals surface area contributed by atoms with Crippen LogP contribution in [0.4, 0.5) is 23.0 Å². The summed E-state index contributed by atoms with van der Waals surface area (Å²) in [5.74, 6) is 1.05. The number of carbonyl (C=O) groups excluding carboxylic acids is 1. The largest absolute Gasteiger partial charge is 0.437 e. The first kappa shape index (κ1) is 21.9. The molecule has 0 bridgehead atoms. The average Bonchev–Trinajstić information content (AvgIpc) is 2.82. The van der Waals surface area contributed by atoms with Crippen molar-refractivity contribution < 1.29 is 9.53 Å². The third-order valence-electron chi connectivity index (χ3n) is 5.21. The highest BCUT2D eigenvalue weighted by atomic mass is 35.5. The summed E-state index contributed by atoms with van der Waals surface area (Å²) in [7, 11) is 0. The van der Waals surface area contributed by atoms with E-state index in [1.165, 1.54) is 31.1 Å². The van der Waals surface area contributed by atoms with Gasteiger partial charge in [-0.2, -0.15) is 4.98 Å². The van der Waals surface area contributed by atoms with Gasteiger partial charge in [0.05, 0.1) is 6.20 Å². The SMILES string of the molecule is CCC(=O)Nc1cccc(Oc2nc(Nc3ccc(N4CCCCC4)cc3)ncc2Cl)c1. The molecule has 32 heavy (non-hydrogen) atoms. The summed E-state index contributed by atoms with van der Waals surface area (Å²) in [6.07, 6.45) is 5.70. The lowest BCUT2D eigenvalue weighted by molar-refractivity contribution is -0.115. The summed E-state index contributed by atoms with van der Waals surface area (Å²) in [6, 6.07) is 15.3. The fraction of sp³-hybridized carbons (Fsp3) is 0.292. The van der Waals surface area contributed by atoms with Gasteiger partial charge in [-0.1, -0.05) is 24.6 Å². The molecule has 2 aromatic carbocycles. The molecule has 4 rings (SSSR count). The smallest absolute Gasteiger partial charge is 0.243 e. The minimum Gasteiger partial charge on any atom is -0.437 e. The Bertz CT molecular complexity index is 1070. The molecule has 0 radical (unpaired) electrons. The number of anilines is 4. The van der Waals surface area contributed by atoms with E-state index in [9.17, 15) is 4.79 Å². The predicted octanol–water partition coefficient (Wildman–Crippen LogP) is 6.00. The average molecular weight is 452 g/mol. The van der Waals surface area contributed by atoms with E-state index in [-0.39, 0.29) is 11.8 Å². The van der Waals surface area contributed by atoms with Crippen molar-refractivity contribution in [3.63, 3.8) is 0 Å². The van der Waals surface area contributed by atoms with Gasteiger partial charge in [-0.3, -0.25) is 4.79 Å². The maximum absolute atomic E-state index is 11.6. The summed E-state index contributed by atoms with van der Waals surface area (Å²) in [4.78, 5) is 22.7. The Balaban J connectivity index is 1.45. The van der Waals surface area contributed by atoms with Crippen LogP contribution in [0.3, 0.4) is 0 Å². The molecular weight excluding hydrogens is 426 g/mol. The quantitative estimate of drug-likeness (QED) is 0.458. The van der Waals surface area contributed by atoms with Crippen molar-refractivity contribution in [2.45, 2.75) is 32.6 Å². The molecule has 0 saturated carbocycles. The van der Waals surface area contributed by atoms with Crippen LogP contribution in [0.15, 0.2) is 54.7 Å². The topological polar surface area (TPSA) is 79.4 Å². The Morgan fingerprint density at radius 2 is 1.88 bits per heavy atom. The second kappa shape index (κ2) is 10.3. The van der Waals surface area contributed by atoms with E-state index >= 15 is 0 Å². The van der Waals surface area contributed by atoms with Crippen molar-refractivity contribution in [3.8, 4) is 11.6 Å². The molecular formula is C24H26ClN5O2. The molecule has 7 nitrogen and oxygen atoms in total. The zero-order valence-corrected chi connectivity index (χ0v) is 18.7. The number of piperidine rings is 1. The lowest BCUT2D eigenvalue weighted by atomic mass is 10.1. The van der Waals surface area contributed by atoms with Crippen molar-refractivity contribution in [1.82, 2.24) is 9.97 Å². The van der Waals surface area contributed by atoms with Gasteiger partial charge in [0.25, 0.3) is 0 Å². The summed E-state index contributed by atoms with van der Waals surface area (Å²) >= 11 is 6.25. The number of ether oxygens (including phenoxy) is 1. The van der Waals surface area contributed by atoms with Crippen LogP contribution in [-0.2, 0) is 4.79 Å². The molecule has 0 aliphatic carbocycles. The van der Waals surface area contributed by atoms with Crippen LogP contribution in [0.1, 0.15) is 32.6 Å². The molecule has 166 valence electrons. The maximum atomic E-state index is 11.6. The van der Waals surface area contributed by atoms with Crippen molar-refractivity contribution in [2.75, 3.05) is 28.6 Å². The second-order valence-electron chi connectivity index (χ2n) is 7.60. The molecule has 3 aromatic rings. The molecule has 0 spiro atoms. The van der Waals surface area contributed by atoms with Crippen LogP contribution in [0, 0.1) is 0 Å². The zero-order chi connectivity index (χ0) is 22.3. The van der Waals surface area contributed by atoms with Crippen molar-refractivity contribution in [1.29, 1.82) is 0 Å². The third-order valence-corrected chi connectivity index (χ3v) is 5.47. The highest BCUT2D eigenvalue weighted by Gasteiger charge is 2.12. The Morgan fingerprint density at radius 1 is 1.09 bits per heavy atom. The molecule has 1 saturated heterocycles. The Labute approximate surface area is 192 Å². The number of hydrogen-bond acceptors (Lipinski definition) is 6. The van der Waals surface area contributed by atoms with E-state index < -0.39 is 0 Å². The van der Waals surface area contributed by atoms with E-state index in [1.807, 2.05) is 12.1 Å². The first-order chi connectivity index (χ1) is 15.6. The number of nitrogens with one attached hydrogen (secondary N) is 2. The number of aromatic nitrogens is 2.